The van der Waals surface area contributed by atoms with Gasteiger partial charge in [-0.3, -0.25) is 4.79 Å². The second-order valence-corrected chi connectivity index (χ2v) is 9.86. The van der Waals surface area contributed by atoms with Crippen LogP contribution < -0.4 is 9.46 Å². The molecular weight excluding hydrogens is 512 g/mol. The molecule has 2 aromatic carbocycles. The SMILES string of the molecule is Cc1cc(C(=O)NS(C)(=O)=O)c(F)cc1-c1cnc(O[C@@H](C)c2ccccc2C(F)(F)F)c(Cl)c1. The van der Waals surface area contributed by atoms with Crippen LogP contribution in [0.1, 0.15) is 40.1 Å². The first kappa shape index (κ1) is 26.4. The van der Waals surface area contributed by atoms with Crippen molar-refractivity contribution in [3.05, 3.63) is 81.8 Å². The van der Waals surface area contributed by atoms with Gasteiger partial charge in [0, 0.05) is 17.3 Å². The number of aromatic nitrogens is 1. The van der Waals surface area contributed by atoms with Gasteiger partial charge in [0.25, 0.3) is 5.91 Å². The van der Waals surface area contributed by atoms with Crippen molar-refractivity contribution in [2.24, 2.45) is 0 Å². The smallest absolute Gasteiger partial charge is 0.416 e. The number of nitrogens with one attached hydrogen (secondary N) is 1. The number of carbonyl (C=O) groups excluding carboxylic acids is 1. The van der Waals surface area contributed by atoms with E-state index in [2.05, 4.69) is 4.98 Å². The van der Waals surface area contributed by atoms with Gasteiger partial charge in [-0.1, -0.05) is 29.8 Å². The maximum absolute atomic E-state index is 14.6. The molecule has 6 nitrogen and oxygen atoms in total. The Bertz CT molecular complexity index is 1390. The molecule has 1 heterocycles. The number of carbonyl (C=O) groups is 1. The lowest BCUT2D eigenvalue weighted by molar-refractivity contribution is -0.139. The molecule has 186 valence electrons. The molecule has 3 rings (SSSR count). The monoisotopic (exact) mass is 530 g/mol. The van der Waals surface area contributed by atoms with Crippen LogP contribution in [-0.4, -0.2) is 25.6 Å². The van der Waals surface area contributed by atoms with Gasteiger partial charge < -0.3 is 4.74 Å². The summed E-state index contributed by atoms with van der Waals surface area (Å²) in [4.78, 5) is 16.1. The van der Waals surface area contributed by atoms with Crippen LogP contribution in [0.4, 0.5) is 17.6 Å². The summed E-state index contributed by atoms with van der Waals surface area (Å²) in [5, 5.41) is -0.0301. The Labute approximate surface area is 204 Å². The summed E-state index contributed by atoms with van der Waals surface area (Å²) < 4.78 is 84.3. The molecule has 1 aromatic heterocycles. The van der Waals surface area contributed by atoms with E-state index in [9.17, 15) is 30.8 Å². The normalized spacial score (nSPS) is 12.8. The first-order valence-electron chi connectivity index (χ1n) is 9.98. The number of sulfonamides is 1. The van der Waals surface area contributed by atoms with Gasteiger partial charge in [0.2, 0.25) is 15.9 Å². The molecule has 35 heavy (non-hydrogen) atoms. The van der Waals surface area contributed by atoms with Crippen molar-refractivity contribution in [3.63, 3.8) is 0 Å². The molecule has 0 bridgehead atoms. The minimum atomic E-state index is -4.57. The van der Waals surface area contributed by atoms with Crippen molar-refractivity contribution < 1.29 is 35.5 Å². The predicted molar refractivity (Wildman–Crippen MR) is 122 cm³/mol. The lowest BCUT2D eigenvalue weighted by atomic mass is 9.99. The molecular formula is C23H19ClF4N2O4S. The van der Waals surface area contributed by atoms with Gasteiger partial charge >= 0.3 is 6.18 Å². The van der Waals surface area contributed by atoms with E-state index >= 15 is 0 Å². The predicted octanol–water partition coefficient (Wildman–Crippen LogP) is 5.70. The quantitative estimate of drug-likeness (QED) is 0.413. The fourth-order valence-electron chi connectivity index (χ4n) is 3.39. The number of pyridine rings is 1. The van der Waals surface area contributed by atoms with Crippen molar-refractivity contribution in [3.8, 4) is 17.0 Å². The zero-order chi connectivity index (χ0) is 26.1. The average Bonchev–Trinajstić information content (AvgIpc) is 2.74. The summed E-state index contributed by atoms with van der Waals surface area (Å²) in [6.07, 6.45) is -3.54. The van der Waals surface area contributed by atoms with Crippen molar-refractivity contribution in [2.75, 3.05) is 6.26 Å². The van der Waals surface area contributed by atoms with Crippen molar-refractivity contribution in [1.29, 1.82) is 0 Å². The van der Waals surface area contributed by atoms with E-state index in [1.165, 1.54) is 43.5 Å². The number of ether oxygens (including phenoxy) is 1. The van der Waals surface area contributed by atoms with Crippen molar-refractivity contribution in [1.82, 2.24) is 9.71 Å². The van der Waals surface area contributed by atoms with Gasteiger partial charge in [-0.05, 0) is 49.2 Å². The summed E-state index contributed by atoms with van der Waals surface area (Å²) in [7, 11) is -3.88. The van der Waals surface area contributed by atoms with Crippen LogP contribution in [0.25, 0.3) is 11.1 Å². The molecule has 0 fully saturated rings. The molecule has 0 radical (unpaired) electrons. The van der Waals surface area contributed by atoms with Gasteiger partial charge in [-0.25, -0.2) is 22.5 Å². The Morgan fingerprint density at radius 3 is 2.43 bits per heavy atom. The molecule has 0 spiro atoms. The number of amides is 1. The Morgan fingerprint density at radius 1 is 1.17 bits per heavy atom. The van der Waals surface area contributed by atoms with E-state index in [0.29, 0.717) is 16.7 Å². The number of aryl methyl sites for hydroxylation is 1. The van der Waals surface area contributed by atoms with Gasteiger partial charge in [-0.2, -0.15) is 13.2 Å². The third kappa shape index (κ3) is 6.29. The summed E-state index contributed by atoms with van der Waals surface area (Å²) in [5.41, 5.74) is -0.321. The third-order valence-corrected chi connectivity index (χ3v) is 5.77. The number of halogens is 5. The molecule has 1 amide bonds. The summed E-state index contributed by atoms with van der Waals surface area (Å²) in [6.45, 7) is 3.00. The molecule has 0 aliphatic carbocycles. The highest BCUT2D eigenvalue weighted by Crippen LogP contribution is 2.37. The molecule has 1 atom stereocenters. The molecule has 0 aliphatic rings. The zero-order valence-corrected chi connectivity index (χ0v) is 20.1. The minimum absolute atomic E-state index is 0.0301. The van der Waals surface area contributed by atoms with E-state index in [4.69, 9.17) is 16.3 Å². The second kappa shape index (κ2) is 9.82. The Balaban J connectivity index is 1.89. The Morgan fingerprint density at radius 2 is 1.83 bits per heavy atom. The molecule has 0 aliphatic heterocycles. The van der Waals surface area contributed by atoms with E-state index in [-0.39, 0.29) is 16.5 Å². The number of nitrogens with zero attached hydrogens (tertiary/aromatic N) is 1. The largest absolute Gasteiger partial charge is 0.469 e. The van der Waals surface area contributed by atoms with E-state index in [1.54, 1.807) is 11.6 Å². The van der Waals surface area contributed by atoms with Gasteiger partial charge in [0.15, 0.2) is 0 Å². The average molecular weight is 531 g/mol. The van der Waals surface area contributed by atoms with Crippen LogP contribution in [0, 0.1) is 12.7 Å². The first-order chi connectivity index (χ1) is 16.2. The fourth-order valence-corrected chi connectivity index (χ4v) is 4.05. The van der Waals surface area contributed by atoms with Crippen LogP contribution in [0.5, 0.6) is 5.88 Å². The molecule has 0 unspecified atom stereocenters. The van der Waals surface area contributed by atoms with Crippen LogP contribution in [0.2, 0.25) is 5.02 Å². The molecule has 0 saturated heterocycles. The summed E-state index contributed by atoms with van der Waals surface area (Å²) in [6, 6.07) is 8.58. The maximum Gasteiger partial charge on any atom is 0.416 e. The lowest BCUT2D eigenvalue weighted by Gasteiger charge is -2.20. The Kier molecular flexibility index (Phi) is 7.42. The number of alkyl halides is 3. The van der Waals surface area contributed by atoms with Gasteiger partial charge in [0.05, 0.1) is 17.4 Å². The van der Waals surface area contributed by atoms with Gasteiger partial charge in [0.1, 0.15) is 16.9 Å². The van der Waals surface area contributed by atoms with Crippen molar-refractivity contribution >= 4 is 27.5 Å². The first-order valence-corrected chi connectivity index (χ1v) is 12.2. The zero-order valence-electron chi connectivity index (χ0n) is 18.6. The minimum Gasteiger partial charge on any atom is -0.469 e. The molecule has 3 aromatic rings. The van der Waals surface area contributed by atoms with E-state index in [1.807, 2.05) is 0 Å². The standard InChI is InChI=1S/C23H19ClF4N2O4S/c1-12-8-17(21(31)30-35(3,32)33)20(25)10-16(12)14-9-19(24)22(29-11-14)34-13(2)15-6-4-5-7-18(15)23(26,27)28/h4-11,13H,1-3H3,(H,30,31)/t13-/m0/s1. The highest BCUT2D eigenvalue weighted by molar-refractivity contribution is 7.89. The molecule has 12 heteroatoms. The van der Waals surface area contributed by atoms with E-state index < -0.39 is 45.2 Å². The third-order valence-electron chi connectivity index (χ3n) is 4.95. The summed E-state index contributed by atoms with van der Waals surface area (Å²) >= 11 is 6.25. The number of rotatable bonds is 6. The second-order valence-electron chi connectivity index (χ2n) is 7.71. The number of benzene rings is 2. The number of hydrogen-bond acceptors (Lipinski definition) is 5. The van der Waals surface area contributed by atoms with E-state index in [0.717, 1.165) is 18.4 Å². The van der Waals surface area contributed by atoms with Crippen LogP contribution in [0.3, 0.4) is 0 Å². The van der Waals surface area contributed by atoms with Crippen LogP contribution >= 0.6 is 11.6 Å². The topological polar surface area (TPSA) is 85.4 Å². The lowest BCUT2D eigenvalue weighted by Crippen LogP contribution is -2.30. The van der Waals surface area contributed by atoms with Crippen LogP contribution in [-0.2, 0) is 16.2 Å². The van der Waals surface area contributed by atoms with Crippen LogP contribution in [0.15, 0.2) is 48.7 Å². The maximum atomic E-state index is 14.6. The van der Waals surface area contributed by atoms with Crippen molar-refractivity contribution in [2.45, 2.75) is 26.1 Å². The molecule has 1 N–H and O–H groups in total. The summed E-state index contributed by atoms with van der Waals surface area (Å²) in [5.74, 6) is -2.21. The highest BCUT2D eigenvalue weighted by Gasteiger charge is 2.34. The molecule has 0 saturated carbocycles. The highest BCUT2D eigenvalue weighted by atomic mass is 35.5. The van der Waals surface area contributed by atoms with Gasteiger partial charge in [-0.15, -0.1) is 0 Å². The fraction of sp³-hybridized carbons (Fsp3) is 0.217. The Hall–Kier alpha value is -3.18. The number of hydrogen-bond donors (Lipinski definition) is 1.